The Kier molecular flexibility index (Phi) is 3.76. The van der Waals surface area contributed by atoms with Crippen LogP contribution in [0.1, 0.15) is 37.8 Å². The van der Waals surface area contributed by atoms with Crippen LogP contribution in [0.15, 0.2) is 4.21 Å². The molecule has 0 spiro atoms. The van der Waals surface area contributed by atoms with Crippen molar-refractivity contribution in [1.29, 1.82) is 0 Å². The molecule has 2 fully saturated rings. The van der Waals surface area contributed by atoms with Crippen molar-refractivity contribution in [2.45, 2.75) is 48.8 Å². The highest BCUT2D eigenvalue weighted by Gasteiger charge is 2.46. The molecule has 6 nitrogen and oxygen atoms in total. The number of sulfonamides is 1. The number of thiazole rings is 1. The molecule has 0 radical (unpaired) electrons. The molecular weight excluding hydrogens is 310 g/mol. The molecule has 1 saturated heterocycles. The monoisotopic (exact) mass is 331 g/mol. The van der Waals surface area contributed by atoms with Gasteiger partial charge in [-0.2, -0.15) is 4.31 Å². The first-order valence-corrected chi connectivity index (χ1v) is 9.54. The second-order valence-electron chi connectivity index (χ2n) is 6.08. The van der Waals surface area contributed by atoms with E-state index in [9.17, 15) is 13.5 Å². The Bertz CT molecular complexity index is 643. The van der Waals surface area contributed by atoms with E-state index in [2.05, 4.69) is 4.98 Å². The lowest BCUT2D eigenvalue weighted by Gasteiger charge is -2.46. The minimum absolute atomic E-state index is 0.0420. The molecule has 2 heterocycles. The first-order valence-electron chi connectivity index (χ1n) is 7.28. The number of aliphatic hydroxyl groups is 1. The topological polar surface area (TPSA) is 96.5 Å². The SMILES string of the molecule is Cc1nc(N)sc1S(=O)(=O)N1CCC2(O)CCCCC2C1. The van der Waals surface area contributed by atoms with E-state index in [0.29, 0.717) is 25.2 Å². The molecular formula is C13H21N3O3S2. The molecule has 118 valence electrons. The number of rotatable bonds is 2. The van der Waals surface area contributed by atoms with E-state index >= 15 is 0 Å². The Hall–Kier alpha value is -0.700. The summed E-state index contributed by atoms with van der Waals surface area (Å²) in [5.74, 6) is 0.0420. The van der Waals surface area contributed by atoms with Crippen molar-refractivity contribution >= 4 is 26.5 Å². The number of fused-ring (bicyclic) bond motifs is 1. The third-order valence-electron chi connectivity index (χ3n) is 4.74. The van der Waals surface area contributed by atoms with Crippen molar-refractivity contribution in [3.8, 4) is 0 Å². The van der Waals surface area contributed by atoms with Gasteiger partial charge in [0.15, 0.2) is 9.34 Å². The van der Waals surface area contributed by atoms with Gasteiger partial charge in [0.1, 0.15) is 0 Å². The Morgan fingerprint density at radius 2 is 2.19 bits per heavy atom. The standard InChI is InChI=1S/C13H21N3O3S2/c1-9-11(20-12(14)15-9)21(18,19)16-7-6-13(17)5-3-2-4-10(13)8-16/h10,17H,2-8H2,1H3,(H2,14,15). The average Bonchev–Trinajstić information content (AvgIpc) is 2.77. The summed E-state index contributed by atoms with van der Waals surface area (Å²) in [4.78, 5) is 4.01. The van der Waals surface area contributed by atoms with Crippen molar-refractivity contribution in [3.05, 3.63) is 5.69 Å². The maximum atomic E-state index is 12.8. The summed E-state index contributed by atoms with van der Waals surface area (Å²) in [6.45, 7) is 2.43. The summed E-state index contributed by atoms with van der Waals surface area (Å²) >= 11 is 1.02. The van der Waals surface area contributed by atoms with Gasteiger partial charge in [-0.25, -0.2) is 13.4 Å². The van der Waals surface area contributed by atoms with Crippen LogP contribution in [0, 0.1) is 12.8 Å². The zero-order chi connectivity index (χ0) is 15.3. The number of anilines is 1. The number of hydrogen-bond donors (Lipinski definition) is 2. The van der Waals surface area contributed by atoms with Crippen LogP contribution in [0.2, 0.25) is 0 Å². The van der Waals surface area contributed by atoms with Crippen molar-refractivity contribution in [2.75, 3.05) is 18.8 Å². The smallest absolute Gasteiger partial charge is 0.254 e. The normalized spacial score (nSPS) is 31.0. The third kappa shape index (κ3) is 2.58. The Balaban J connectivity index is 1.86. The number of nitrogen functional groups attached to an aromatic ring is 1. The molecule has 2 unspecified atom stereocenters. The van der Waals surface area contributed by atoms with Crippen LogP contribution in [0.4, 0.5) is 5.13 Å². The number of nitrogens with two attached hydrogens (primary N) is 1. The maximum absolute atomic E-state index is 12.8. The summed E-state index contributed by atoms with van der Waals surface area (Å²) in [7, 11) is -3.55. The fraction of sp³-hybridized carbons (Fsp3) is 0.769. The van der Waals surface area contributed by atoms with Crippen LogP contribution >= 0.6 is 11.3 Å². The van der Waals surface area contributed by atoms with Crippen molar-refractivity contribution in [2.24, 2.45) is 5.92 Å². The average molecular weight is 331 g/mol. The van der Waals surface area contributed by atoms with E-state index in [1.807, 2.05) is 0 Å². The molecule has 3 rings (SSSR count). The number of nitrogens with zero attached hydrogens (tertiary/aromatic N) is 2. The molecule has 8 heteroatoms. The van der Waals surface area contributed by atoms with Crippen molar-refractivity contribution in [3.63, 3.8) is 0 Å². The minimum Gasteiger partial charge on any atom is -0.390 e. The van der Waals surface area contributed by atoms with E-state index in [1.165, 1.54) is 4.31 Å². The van der Waals surface area contributed by atoms with Crippen LogP contribution in [-0.4, -0.2) is 41.5 Å². The predicted octanol–water partition coefficient (Wildman–Crippen LogP) is 1.35. The van der Waals surface area contributed by atoms with Gasteiger partial charge in [-0.1, -0.05) is 24.2 Å². The van der Waals surface area contributed by atoms with Gasteiger partial charge in [0.05, 0.1) is 11.3 Å². The summed E-state index contributed by atoms with van der Waals surface area (Å²) in [5, 5.41) is 10.9. The summed E-state index contributed by atoms with van der Waals surface area (Å²) in [6.07, 6.45) is 4.30. The van der Waals surface area contributed by atoms with Crippen LogP contribution in [0.5, 0.6) is 0 Å². The number of aryl methyl sites for hydroxylation is 1. The molecule has 0 amide bonds. The fourth-order valence-corrected chi connectivity index (χ4v) is 6.44. The Morgan fingerprint density at radius 3 is 2.86 bits per heavy atom. The summed E-state index contributed by atoms with van der Waals surface area (Å²) in [5.41, 5.74) is 5.40. The highest BCUT2D eigenvalue weighted by Crippen LogP contribution is 2.41. The van der Waals surface area contributed by atoms with Gasteiger partial charge in [-0.15, -0.1) is 0 Å². The lowest BCUT2D eigenvalue weighted by molar-refractivity contribution is -0.0816. The molecule has 1 aliphatic heterocycles. The molecule has 2 aliphatic rings. The number of piperidine rings is 1. The fourth-order valence-electron chi connectivity index (χ4n) is 3.52. The maximum Gasteiger partial charge on any atom is 0.254 e. The van der Waals surface area contributed by atoms with Crippen LogP contribution < -0.4 is 5.73 Å². The van der Waals surface area contributed by atoms with Gasteiger partial charge in [-0.3, -0.25) is 0 Å². The third-order valence-corrected chi connectivity index (χ3v) is 8.17. The molecule has 1 aromatic heterocycles. The second-order valence-corrected chi connectivity index (χ2v) is 9.25. The molecule has 1 aromatic rings. The lowest BCUT2D eigenvalue weighted by atomic mass is 9.72. The Labute approximate surface area is 129 Å². The second kappa shape index (κ2) is 5.19. The van der Waals surface area contributed by atoms with E-state index in [0.717, 1.165) is 37.0 Å². The highest BCUT2D eigenvalue weighted by molar-refractivity contribution is 7.91. The first kappa shape index (κ1) is 15.2. The molecule has 1 aliphatic carbocycles. The Morgan fingerprint density at radius 1 is 1.43 bits per heavy atom. The van der Waals surface area contributed by atoms with Crippen LogP contribution in [0.3, 0.4) is 0 Å². The van der Waals surface area contributed by atoms with Gasteiger partial charge in [0.2, 0.25) is 0 Å². The van der Waals surface area contributed by atoms with Crippen molar-refractivity contribution < 1.29 is 13.5 Å². The number of hydrogen-bond acceptors (Lipinski definition) is 6. The van der Waals surface area contributed by atoms with Crippen LogP contribution in [0.25, 0.3) is 0 Å². The van der Waals surface area contributed by atoms with Crippen LogP contribution in [-0.2, 0) is 10.0 Å². The molecule has 21 heavy (non-hydrogen) atoms. The highest BCUT2D eigenvalue weighted by atomic mass is 32.2. The van der Waals surface area contributed by atoms with E-state index in [-0.39, 0.29) is 15.3 Å². The quantitative estimate of drug-likeness (QED) is 0.852. The molecule has 1 saturated carbocycles. The largest absolute Gasteiger partial charge is 0.390 e. The first-order chi connectivity index (χ1) is 9.83. The van der Waals surface area contributed by atoms with Gasteiger partial charge in [-0.05, 0) is 26.2 Å². The molecule has 3 N–H and O–H groups in total. The summed E-state index contributed by atoms with van der Waals surface area (Å²) < 4.78 is 27.3. The summed E-state index contributed by atoms with van der Waals surface area (Å²) in [6, 6.07) is 0. The molecule has 2 atom stereocenters. The molecule has 0 aromatic carbocycles. The predicted molar refractivity (Wildman–Crippen MR) is 81.5 cm³/mol. The minimum atomic E-state index is -3.55. The van der Waals surface area contributed by atoms with Gasteiger partial charge >= 0.3 is 0 Å². The lowest BCUT2D eigenvalue weighted by Crippen LogP contribution is -2.54. The van der Waals surface area contributed by atoms with Gasteiger partial charge in [0.25, 0.3) is 10.0 Å². The molecule has 0 bridgehead atoms. The van der Waals surface area contributed by atoms with Gasteiger partial charge < -0.3 is 10.8 Å². The number of aromatic nitrogens is 1. The zero-order valence-corrected chi connectivity index (χ0v) is 13.7. The van der Waals surface area contributed by atoms with E-state index < -0.39 is 15.6 Å². The van der Waals surface area contributed by atoms with Crippen molar-refractivity contribution in [1.82, 2.24) is 9.29 Å². The zero-order valence-electron chi connectivity index (χ0n) is 12.1. The van der Waals surface area contributed by atoms with Gasteiger partial charge in [0, 0.05) is 19.0 Å². The van der Waals surface area contributed by atoms with E-state index in [4.69, 9.17) is 5.73 Å². The van der Waals surface area contributed by atoms with E-state index in [1.54, 1.807) is 6.92 Å².